The lowest BCUT2D eigenvalue weighted by Crippen LogP contribution is -2.42. The van der Waals surface area contributed by atoms with E-state index in [-0.39, 0.29) is 31.0 Å². The number of nitrogens with one attached hydrogen (secondary N) is 2. The zero-order chi connectivity index (χ0) is 15.8. The fourth-order valence-corrected chi connectivity index (χ4v) is 1.96. The molecule has 5 heteroatoms. The summed E-state index contributed by atoms with van der Waals surface area (Å²) >= 11 is 0. The summed E-state index contributed by atoms with van der Waals surface area (Å²) in [6, 6.07) is 5.39. The molecule has 1 rings (SSSR count). The number of benzene rings is 1. The standard InChI is InChI=1S/C16H24N2O3/c1-4-14(7-8-19)18-15(20)10-17-16(21)13-6-5-11(2)12(3)9-13/h5-6,9,14,19H,4,7-8,10H2,1-3H3,(H,17,21)(H,18,20). The molecule has 0 spiro atoms. The van der Waals surface area contributed by atoms with Crippen LogP contribution in [0.1, 0.15) is 41.3 Å². The molecule has 0 aliphatic heterocycles. The van der Waals surface area contributed by atoms with Crippen LogP contribution >= 0.6 is 0 Å². The highest BCUT2D eigenvalue weighted by Crippen LogP contribution is 2.09. The van der Waals surface area contributed by atoms with Crippen molar-refractivity contribution in [2.24, 2.45) is 0 Å². The first-order valence-electron chi connectivity index (χ1n) is 7.23. The molecule has 2 amide bonds. The van der Waals surface area contributed by atoms with Crippen molar-refractivity contribution in [2.75, 3.05) is 13.2 Å². The number of carbonyl (C=O) groups excluding carboxylic acids is 2. The second-order valence-corrected chi connectivity index (χ2v) is 5.17. The minimum Gasteiger partial charge on any atom is -0.396 e. The molecule has 0 fully saturated rings. The van der Waals surface area contributed by atoms with E-state index in [0.717, 1.165) is 17.5 Å². The monoisotopic (exact) mass is 292 g/mol. The summed E-state index contributed by atoms with van der Waals surface area (Å²) in [7, 11) is 0. The lowest BCUT2D eigenvalue weighted by atomic mass is 10.1. The Labute approximate surface area is 125 Å². The summed E-state index contributed by atoms with van der Waals surface area (Å²) in [5, 5.41) is 14.3. The minimum atomic E-state index is -0.261. The van der Waals surface area contributed by atoms with Gasteiger partial charge < -0.3 is 15.7 Å². The molecule has 1 aromatic carbocycles. The van der Waals surface area contributed by atoms with Gasteiger partial charge >= 0.3 is 0 Å². The number of hydrogen-bond donors (Lipinski definition) is 3. The number of hydrogen-bond acceptors (Lipinski definition) is 3. The Kier molecular flexibility index (Phi) is 6.88. The van der Waals surface area contributed by atoms with E-state index >= 15 is 0 Å². The zero-order valence-electron chi connectivity index (χ0n) is 12.9. The van der Waals surface area contributed by atoms with Crippen LogP contribution in [0, 0.1) is 13.8 Å². The topological polar surface area (TPSA) is 78.4 Å². The summed E-state index contributed by atoms with van der Waals surface area (Å²) in [6.07, 6.45) is 1.27. The first-order chi connectivity index (χ1) is 9.97. The normalized spacial score (nSPS) is 11.8. The molecule has 21 heavy (non-hydrogen) atoms. The lowest BCUT2D eigenvalue weighted by Gasteiger charge is -2.16. The second kappa shape index (κ2) is 8.42. The average molecular weight is 292 g/mol. The molecular formula is C16H24N2O3. The highest BCUT2D eigenvalue weighted by molar-refractivity contribution is 5.96. The minimum absolute atomic E-state index is 0.0355. The lowest BCUT2D eigenvalue weighted by molar-refractivity contribution is -0.120. The van der Waals surface area contributed by atoms with Crippen LogP contribution in [-0.4, -0.2) is 36.1 Å². The van der Waals surface area contributed by atoms with Crippen molar-refractivity contribution < 1.29 is 14.7 Å². The Balaban J connectivity index is 2.48. The molecule has 0 bridgehead atoms. The number of aryl methyl sites for hydroxylation is 2. The van der Waals surface area contributed by atoms with E-state index in [2.05, 4.69) is 10.6 Å². The van der Waals surface area contributed by atoms with Gasteiger partial charge in [-0.25, -0.2) is 0 Å². The van der Waals surface area contributed by atoms with Gasteiger partial charge in [0.05, 0.1) is 6.54 Å². The van der Waals surface area contributed by atoms with Crippen molar-refractivity contribution in [3.63, 3.8) is 0 Å². The molecule has 1 aromatic rings. The molecule has 1 unspecified atom stereocenters. The molecule has 0 radical (unpaired) electrons. The maximum atomic E-state index is 12.0. The number of rotatable bonds is 7. The third kappa shape index (κ3) is 5.55. The maximum absolute atomic E-state index is 12.0. The van der Waals surface area contributed by atoms with Crippen LogP contribution in [0.4, 0.5) is 0 Å². The van der Waals surface area contributed by atoms with Gasteiger partial charge in [0, 0.05) is 18.2 Å². The van der Waals surface area contributed by atoms with Crippen LogP contribution in [0.3, 0.4) is 0 Å². The zero-order valence-corrected chi connectivity index (χ0v) is 12.9. The molecule has 0 aliphatic carbocycles. The Hall–Kier alpha value is -1.88. The van der Waals surface area contributed by atoms with Crippen molar-refractivity contribution in [3.05, 3.63) is 34.9 Å². The van der Waals surface area contributed by atoms with Gasteiger partial charge in [-0.15, -0.1) is 0 Å². The smallest absolute Gasteiger partial charge is 0.251 e. The molecule has 0 saturated carbocycles. The van der Waals surface area contributed by atoms with E-state index in [1.54, 1.807) is 6.07 Å². The fraction of sp³-hybridized carbons (Fsp3) is 0.500. The molecule has 5 nitrogen and oxygen atoms in total. The molecule has 0 saturated heterocycles. The van der Waals surface area contributed by atoms with E-state index in [1.807, 2.05) is 32.9 Å². The van der Waals surface area contributed by atoms with E-state index in [0.29, 0.717) is 12.0 Å². The van der Waals surface area contributed by atoms with Crippen LogP contribution < -0.4 is 10.6 Å². The first kappa shape index (κ1) is 17.2. The summed E-state index contributed by atoms with van der Waals surface area (Å²) in [6.45, 7) is 5.84. The quantitative estimate of drug-likeness (QED) is 0.709. The fourth-order valence-electron chi connectivity index (χ4n) is 1.96. The van der Waals surface area contributed by atoms with Gasteiger partial charge in [0.1, 0.15) is 0 Å². The predicted molar refractivity (Wildman–Crippen MR) is 82.2 cm³/mol. The Morgan fingerprint density at radius 2 is 1.95 bits per heavy atom. The third-order valence-corrected chi connectivity index (χ3v) is 3.51. The van der Waals surface area contributed by atoms with Crippen LogP contribution in [0.15, 0.2) is 18.2 Å². The number of aliphatic hydroxyl groups excluding tert-OH is 1. The van der Waals surface area contributed by atoms with Gasteiger partial charge in [-0.2, -0.15) is 0 Å². The SMILES string of the molecule is CCC(CCO)NC(=O)CNC(=O)c1ccc(C)c(C)c1. The molecule has 3 N–H and O–H groups in total. The van der Waals surface area contributed by atoms with E-state index in [9.17, 15) is 9.59 Å². The molecule has 0 aromatic heterocycles. The first-order valence-corrected chi connectivity index (χ1v) is 7.23. The number of amides is 2. The van der Waals surface area contributed by atoms with Crippen LogP contribution in [0.5, 0.6) is 0 Å². The molecule has 0 heterocycles. The summed E-state index contributed by atoms with van der Waals surface area (Å²) < 4.78 is 0. The van der Waals surface area contributed by atoms with E-state index in [1.165, 1.54) is 0 Å². The summed E-state index contributed by atoms with van der Waals surface area (Å²) in [5.41, 5.74) is 2.72. The second-order valence-electron chi connectivity index (χ2n) is 5.17. The van der Waals surface area contributed by atoms with Crippen LogP contribution in [0.2, 0.25) is 0 Å². The molecular weight excluding hydrogens is 268 g/mol. The van der Waals surface area contributed by atoms with Crippen molar-refractivity contribution >= 4 is 11.8 Å². The van der Waals surface area contributed by atoms with Crippen molar-refractivity contribution in [3.8, 4) is 0 Å². The van der Waals surface area contributed by atoms with Gasteiger partial charge in [0.15, 0.2) is 0 Å². The van der Waals surface area contributed by atoms with Gasteiger partial charge in [-0.1, -0.05) is 13.0 Å². The summed E-state index contributed by atoms with van der Waals surface area (Å²) in [4.78, 5) is 23.7. The Bertz CT molecular complexity index is 500. The Morgan fingerprint density at radius 1 is 1.24 bits per heavy atom. The summed E-state index contributed by atoms with van der Waals surface area (Å²) in [5.74, 6) is -0.504. The van der Waals surface area contributed by atoms with Crippen molar-refractivity contribution in [1.29, 1.82) is 0 Å². The molecule has 116 valence electrons. The predicted octanol–water partition coefficient (Wildman–Crippen LogP) is 1.31. The van der Waals surface area contributed by atoms with Gasteiger partial charge in [0.25, 0.3) is 5.91 Å². The molecule has 0 aliphatic rings. The highest BCUT2D eigenvalue weighted by atomic mass is 16.3. The van der Waals surface area contributed by atoms with Gasteiger partial charge in [-0.05, 0) is 49.9 Å². The van der Waals surface area contributed by atoms with Gasteiger partial charge in [0.2, 0.25) is 5.91 Å². The van der Waals surface area contributed by atoms with E-state index < -0.39 is 0 Å². The Morgan fingerprint density at radius 3 is 2.52 bits per heavy atom. The van der Waals surface area contributed by atoms with Crippen molar-refractivity contribution in [2.45, 2.75) is 39.7 Å². The average Bonchev–Trinajstić information content (AvgIpc) is 2.47. The third-order valence-electron chi connectivity index (χ3n) is 3.51. The van der Waals surface area contributed by atoms with Crippen LogP contribution in [0.25, 0.3) is 0 Å². The van der Waals surface area contributed by atoms with E-state index in [4.69, 9.17) is 5.11 Å². The maximum Gasteiger partial charge on any atom is 0.251 e. The largest absolute Gasteiger partial charge is 0.396 e. The highest BCUT2D eigenvalue weighted by Gasteiger charge is 2.12. The van der Waals surface area contributed by atoms with Crippen LogP contribution in [-0.2, 0) is 4.79 Å². The number of carbonyl (C=O) groups is 2. The van der Waals surface area contributed by atoms with Crippen molar-refractivity contribution in [1.82, 2.24) is 10.6 Å². The number of aliphatic hydroxyl groups is 1. The molecule has 1 atom stereocenters. The van der Waals surface area contributed by atoms with Gasteiger partial charge in [-0.3, -0.25) is 9.59 Å².